The normalized spacial score (nSPS) is 32.1. The average Bonchev–Trinajstić information content (AvgIpc) is 3.21. The Bertz CT molecular complexity index is 1420. The highest BCUT2D eigenvalue weighted by molar-refractivity contribution is 6.08. The van der Waals surface area contributed by atoms with E-state index < -0.39 is 35.1 Å². The molecule has 8 nitrogen and oxygen atoms in total. The number of hydrogen-bond donors (Lipinski definition) is 1. The Morgan fingerprint density at radius 1 is 0.875 bits per heavy atom. The molecule has 0 saturated carbocycles. The molecule has 8 heteroatoms. The molecule has 4 heterocycles. The third kappa shape index (κ3) is 3.62. The molecule has 0 radical (unpaired) electrons. The fourth-order valence-electron chi connectivity index (χ4n) is 7.30. The molecule has 40 heavy (non-hydrogen) atoms. The molecule has 4 aliphatic heterocycles. The lowest BCUT2D eigenvalue weighted by Gasteiger charge is -2.39. The first-order valence-electron chi connectivity index (χ1n) is 13.9. The zero-order chi connectivity index (χ0) is 28.4. The van der Waals surface area contributed by atoms with Gasteiger partial charge in [0.1, 0.15) is 11.6 Å². The van der Waals surface area contributed by atoms with Crippen LogP contribution in [-0.4, -0.2) is 70.7 Å². The van der Waals surface area contributed by atoms with Crippen LogP contribution in [0.2, 0.25) is 0 Å². The van der Waals surface area contributed by atoms with E-state index >= 15 is 0 Å². The van der Waals surface area contributed by atoms with E-state index in [1.807, 2.05) is 93.6 Å². The number of para-hydroxylation sites is 2. The molecule has 4 aliphatic rings. The first kappa shape index (κ1) is 26.5. The SMILES string of the molecule is Cc1cccc(C)c1N1CC=C[C@]23O[C@@]4(C)C=CCN(c5ccccc5)C(=O)[C@H]4[C@H]2C(=O)N([C@H](C)CO)C3C1=O. The maximum Gasteiger partial charge on any atom is 0.253 e. The fourth-order valence-corrected chi connectivity index (χ4v) is 7.30. The van der Waals surface area contributed by atoms with Gasteiger partial charge < -0.3 is 24.5 Å². The van der Waals surface area contributed by atoms with Gasteiger partial charge >= 0.3 is 0 Å². The number of aliphatic hydroxyl groups is 1. The smallest absolute Gasteiger partial charge is 0.253 e. The minimum atomic E-state index is -1.37. The van der Waals surface area contributed by atoms with Crippen LogP contribution in [0.4, 0.5) is 11.4 Å². The first-order chi connectivity index (χ1) is 19.1. The summed E-state index contributed by atoms with van der Waals surface area (Å²) in [5.74, 6) is -2.64. The number of hydrogen-bond acceptors (Lipinski definition) is 5. The molecular weight excluding hydrogens is 506 g/mol. The van der Waals surface area contributed by atoms with Gasteiger partial charge in [-0.05, 0) is 51.0 Å². The van der Waals surface area contributed by atoms with Crippen LogP contribution in [0.15, 0.2) is 72.8 Å². The van der Waals surface area contributed by atoms with Gasteiger partial charge in [0.25, 0.3) is 5.91 Å². The number of carbonyl (C=O) groups excluding carboxylic acids is 3. The lowest BCUT2D eigenvalue weighted by atomic mass is 9.74. The number of benzene rings is 2. The average molecular weight is 542 g/mol. The second-order valence-corrected chi connectivity index (χ2v) is 11.6. The summed E-state index contributed by atoms with van der Waals surface area (Å²) in [6.07, 6.45) is 7.50. The zero-order valence-electron chi connectivity index (χ0n) is 23.3. The topological polar surface area (TPSA) is 90.4 Å². The Morgan fingerprint density at radius 2 is 1.52 bits per heavy atom. The number of carbonyl (C=O) groups is 3. The van der Waals surface area contributed by atoms with Crippen molar-refractivity contribution in [2.45, 2.75) is 51.0 Å². The van der Waals surface area contributed by atoms with Crippen LogP contribution in [-0.2, 0) is 19.1 Å². The van der Waals surface area contributed by atoms with Crippen molar-refractivity contribution >= 4 is 29.1 Å². The Morgan fingerprint density at radius 3 is 2.20 bits per heavy atom. The number of aryl methyl sites for hydroxylation is 2. The predicted octanol–water partition coefficient (Wildman–Crippen LogP) is 3.16. The number of likely N-dealkylation sites (tertiary alicyclic amines) is 1. The third-order valence-electron chi connectivity index (χ3n) is 9.01. The van der Waals surface area contributed by atoms with Gasteiger partial charge in [-0.25, -0.2) is 0 Å². The summed E-state index contributed by atoms with van der Waals surface area (Å²) in [7, 11) is 0. The first-order valence-corrected chi connectivity index (χ1v) is 13.9. The van der Waals surface area contributed by atoms with Gasteiger partial charge in [0.2, 0.25) is 11.8 Å². The number of anilines is 2. The second kappa shape index (κ2) is 9.42. The molecule has 0 aromatic heterocycles. The van der Waals surface area contributed by atoms with Gasteiger partial charge in [-0.2, -0.15) is 0 Å². The maximum absolute atomic E-state index is 14.6. The molecule has 2 aromatic rings. The van der Waals surface area contributed by atoms with E-state index in [2.05, 4.69) is 0 Å². The van der Waals surface area contributed by atoms with E-state index in [-0.39, 0.29) is 24.3 Å². The molecular formula is C32H35N3O5. The van der Waals surface area contributed by atoms with Crippen LogP contribution in [0.5, 0.6) is 0 Å². The lowest BCUT2D eigenvalue weighted by Crippen LogP contribution is -2.58. The number of fused-ring (bicyclic) bond motifs is 2. The molecule has 6 rings (SSSR count). The second-order valence-electron chi connectivity index (χ2n) is 11.6. The Balaban J connectivity index is 1.51. The molecule has 1 N–H and O–H groups in total. The molecule has 3 amide bonds. The predicted molar refractivity (Wildman–Crippen MR) is 152 cm³/mol. The maximum atomic E-state index is 14.6. The highest BCUT2D eigenvalue weighted by atomic mass is 16.5. The van der Waals surface area contributed by atoms with Crippen LogP contribution in [0.1, 0.15) is 25.0 Å². The number of nitrogens with zero attached hydrogens (tertiary/aromatic N) is 3. The largest absolute Gasteiger partial charge is 0.394 e. The third-order valence-corrected chi connectivity index (χ3v) is 9.01. The summed E-state index contributed by atoms with van der Waals surface area (Å²) >= 11 is 0. The highest BCUT2D eigenvalue weighted by Crippen LogP contribution is 2.58. The number of rotatable bonds is 4. The molecule has 2 fully saturated rings. The van der Waals surface area contributed by atoms with Crippen molar-refractivity contribution < 1.29 is 24.2 Å². The van der Waals surface area contributed by atoms with Gasteiger partial charge in [0.15, 0.2) is 0 Å². The monoisotopic (exact) mass is 541 g/mol. The van der Waals surface area contributed by atoms with Crippen LogP contribution in [0, 0.1) is 25.7 Å². The molecule has 208 valence electrons. The van der Waals surface area contributed by atoms with Crippen molar-refractivity contribution in [3.05, 3.63) is 84.0 Å². The zero-order valence-corrected chi connectivity index (χ0v) is 23.3. The molecule has 2 saturated heterocycles. The Hall–Kier alpha value is -3.75. The van der Waals surface area contributed by atoms with E-state index in [4.69, 9.17) is 4.74 Å². The lowest BCUT2D eigenvalue weighted by molar-refractivity contribution is -0.147. The fraction of sp³-hybridized carbons (Fsp3) is 0.406. The van der Waals surface area contributed by atoms with Crippen molar-refractivity contribution in [1.82, 2.24) is 4.90 Å². The molecule has 6 atom stereocenters. The molecule has 0 aliphatic carbocycles. The minimum Gasteiger partial charge on any atom is -0.394 e. The Kier molecular flexibility index (Phi) is 6.23. The summed E-state index contributed by atoms with van der Waals surface area (Å²) in [5.41, 5.74) is 0.946. The van der Waals surface area contributed by atoms with Crippen LogP contribution in [0.25, 0.3) is 0 Å². The quantitative estimate of drug-likeness (QED) is 0.601. The molecule has 1 unspecified atom stereocenters. The van der Waals surface area contributed by atoms with E-state index in [1.165, 1.54) is 4.90 Å². The van der Waals surface area contributed by atoms with Crippen molar-refractivity contribution in [3.63, 3.8) is 0 Å². The van der Waals surface area contributed by atoms with Gasteiger partial charge in [0.05, 0.1) is 30.1 Å². The van der Waals surface area contributed by atoms with Gasteiger partial charge in [0, 0.05) is 24.5 Å². The summed E-state index contributed by atoms with van der Waals surface area (Å²) in [4.78, 5) is 48.2. The van der Waals surface area contributed by atoms with E-state index in [1.54, 1.807) is 16.7 Å². The summed E-state index contributed by atoms with van der Waals surface area (Å²) in [5, 5.41) is 10.2. The van der Waals surface area contributed by atoms with Crippen LogP contribution >= 0.6 is 0 Å². The summed E-state index contributed by atoms with van der Waals surface area (Å²) in [6, 6.07) is 13.6. The van der Waals surface area contributed by atoms with Crippen LogP contribution in [0.3, 0.4) is 0 Å². The highest BCUT2D eigenvalue weighted by Gasteiger charge is 2.75. The molecule has 0 bridgehead atoms. The summed E-state index contributed by atoms with van der Waals surface area (Å²) < 4.78 is 6.88. The van der Waals surface area contributed by atoms with Crippen molar-refractivity contribution in [1.29, 1.82) is 0 Å². The number of aliphatic hydroxyl groups excluding tert-OH is 1. The van der Waals surface area contributed by atoms with Gasteiger partial charge in [-0.1, -0.05) is 60.7 Å². The van der Waals surface area contributed by atoms with Crippen molar-refractivity contribution in [2.24, 2.45) is 11.8 Å². The van der Waals surface area contributed by atoms with E-state index in [0.29, 0.717) is 13.1 Å². The molecule has 1 spiro atoms. The van der Waals surface area contributed by atoms with Gasteiger partial charge in [-0.15, -0.1) is 0 Å². The summed E-state index contributed by atoms with van der Waals surface area (Å²) in [6.45, 7) is 7.81. The molecule has 2 aromatic carbocycles. The number of amides is 3. The Labute approximate surface area is 234 Å². The van der Waals surface area contributed by atoms with Crippen molar-refractivity contribution in [3.8, 4) is 0 Å². The van der Waals surface area contributed by atoms with Gasteiger partial charge in [-0.3, -0.25) is 14.4 Å². The van der Waals surface area contributed by atoms with Crippen LogP contribution < -0.4 is 9.80 Å². The standard InChI is InChI=1S/C32H35N3O5/c1-20-11-8-12-21(2)26(20)34-18-10-16-32-25(29(38)35(22(3)19-36)27(32)30(34)39)24-28(37)33(23-13-6-5-7-14-23)17-9-15-31(24,4)40-32/h5-16,22,24-25,27,36H,17-19H2,1-4H3/t22-,24-,25+,27?,31+,32+/m1/s1. The van der Waals surface area contributed by atoms with E-state index in [0.717, 1.165) is 22.5 Å². The number of ether oxygens (including phenoxy) is 1. The van der Waals surface area contributed by atoms with E-state index in [9.17, 15) is 19.5 Å². The minimum absolute atomic E-state index is 0.220. The van der Waals surface area contributed by atoms with Crippen molar-refractivity contribution in [2.75, 3.05) is 29.5 Å².